The van der Waals surface area contributed by atoms with E-state index in [1.54, 1.807) is 22.0 Å². The largest absolute Gasteiger partial charge is 0.336 e. The Kier molecular flexibility index (Phi) is 4.34. The smallest absolute Gasteiger partial charge is 0.253 e. The summed E-state index contributed by atoms with van der Waals surface area (Å²) in [5.74, 6) is 0.0630. The summed E-state index contributed by atoms with van der Waals surface area (Å²) >= 11 is 0. The predicted molar refractivity (Wildman–Crippen MR) is 73.7 cm³/mol. The molecule has 19 heavy (non-hydrogen) atoms. The Hall–Kier alpha value is -2.10. The lowest BCUT2D eigenvalue weighted by Gasteiger charge is -2.34. The zero-order valence-electron chi connectivity index (χ0n) is 11.1. The molecule has 1 aliphatic heterocycles. The predicted octanol–water partition coefficient (Wildman–Crippen LogP) is 1.55. The summed E-state index contributed by atoms with van der Waals surface area (Å²) in [4.78, 5) is 27.5. The van der Waals surface area contributed by atoms with Gasteiger partial charge in [-0.15, -0.1) is 0 Å². The molecule has 1 aromatic carbocycles. The Morgan fingerprint density at radius 1 is 1.00 bits per heavy atom. The maximum absolute atomic E-state index is 12.2. The summed E-state index contributed by atoms with van der Waals surface area (Å²) in [5, 5.41) is 0. The summed E-state index contributed by atoms with van der Waals surface area (Å²) in [5.41, 5.74) is 0.704. The molecule has 1 aromatic rings. The summed E-state index contributed by atoms with van der Waals surface area (Å²) in [6.07, 6.45) is 3.30. The monoisotopic (exact) mass is 258 g/mol. The topological polar surface area (TPSA) is 40.6 Å². The van der Waals surface area contributed by atoms with Gasteiger partial charge in [-0.05, 0) is 25.1 Å². The second-order valence-corrected chi connectivity index (χ2v) is 4.48. The van der Waals surface area contributed by atoms with Gasteiger partial charge in [0.15, 0.2) is 0 Å². The second-order valence-electron chi connectivity index (χ2n) is 4.48. The third kappa shape index (κ3) is 3.22. The number of carbonyl (C=O) groups excluding carboxylic acids is 2. The molecule has 100 valence electrons. The van der Waals surface area contributed by atoms with Gasteiger partial charge in [0.05, 0.1) is 0 Å². The van der Waals surface area contributed by atoms with Gasteiger partial charge in [0.25, 0.3) is 5.91 Å². The highest BCUT2D eigenvalue weighted by molar-refractivity contribution is 5.94. The molecule has 4 heteroatoms. The first kappa shape index (κ1) is 13.3. The Morgan fingerprint density at radius 3 is 2.16 bits per heavy atom. The van der Waals surface area contributed by atoms with E-state index in [0.717, 1.165) is 0 Å². The highest BCUT2D eigenvalue weighted by Crippen LogP contribution is 2.09. The molecule has 1 aliphatic rings. The van der Waals surface area contributed by atoms with Crippen molar-refractivity contribution in [2.75, 3.05) is 26.2 Å². The van der Waals surface area contributed by atoms with Crippen LogP contribution in [0.4, 0.5) is 0 Å². The highest BCUT2D eigenvalue weighted by atomic mass is 16.2. The van der Waals surface area contributed by atoms with Crippen molar-refractivity contribution in [3.05, 3.63) is 48.0 Å². The maximum Gasteiger partial charge on any atom is 0.253 e. The molecule has 2 amide bonds. The lowest BCUT2D eigenvalue weighted by molar-refractivity contribution is -0.127. The summed E-state index contributed by atoms with van der Waals surface area (Å²) in [6.45, 7) is 4.21. The van der Waals surface area contributed by atoms with Crippen LogP contribution in [0.25, 0.3) is 0 Å². The van der Waals surface area contributed by atoms with Crippen LogP contribution in [0.3, 0.4) is 0 Å². The van der Waals surface area contributed by atoms with E-state index in [9.17, 15) is 9.59 Å². The number of rotatable bonds is 2. The number of nitrogens with zero attached hydrogens (tertiary/aromatic N) is 2. The van der Waals surface area contributed by atoms with E-state index < -0.39 is 0 Å². The molecule has 1 fully saturated rings. The minimum Gasteiger partial charge on any atom is -0.336 e. The number of allylic oxidation sites excluding steroid dienone is 1. The van der Waals surface area contributed by atoms with Gasteiger partial charge < -0.3 is 9.80 Å². The van der Waals surface area contributed by atoms with Crippen LogP contribution in [0.1, 0.15) is 17.3 Å². The summed E-state index contributed by atoms with van der Waals surface area (Å²) in [6, 6.07) is 9.25. The molecular formula is C15H18N2O2. The van der Waals surface area contributed by atoms with Gasteiger partial charge in [0.1, 0.15) is 0 Å². The highest BCUT2D eigenvalue weighted by Gasteiger charge is 2.23. The molecule has 0 radical (unpaired) electrons. The van der Waals surface area contributed by atoms with E-state index >= 15 is 0 Å². The average Bonchev–Trinajstić information content (AvgIpc) is 2.48. The molecule has 2 rings (SSSR count). The third-order valence-electron chi connectivity index (χ3n) is 3.21. The Morgan fingerprint density at radius 2 is 1.58 bits per heavy atom. The van der Waals surface area contributed by atoms with Crippen LogP contribution in [-0.4, -0.2) is 47.8 Å². The molecule has 0 aliphatic carbocycles. The lowest BCUT2D eigenvalue weighted by atomic mass is 10.2. The molecule has 0 unspecified atom stereocenters. The van der Waals surface area contributed by atoms with Gasteiger partial charge in [-0.3, -0.25) is 9.59 Å². The normalized spacial score (nSPS) is 15.8. The number of benzene rings is 1. The Balaban J connectivity index is 1.93. The number of piperazine rings is 1. The van der Waals surface area contributed by atoms with Gasteiger partial charge in [-0.2, -0.15) is 0 Å². The zero-order chi connectivity index (χ0) is 13.7. The lowest BCUT2D eigenvalue weighted by Crippen LogP contribution is -2.50. The second kappa shape index (κ2) is 6.18. The van der Waals surface area contributed by atoms with Crippen LogP contribution in [0.5, 0.6) is 0 Å². The molecule has 0 N–H and O–H groups in total. The molecule has 0 aromatic heterocycles. The van der Waals surface area contributed by atoms with Crippen LogP contribution in [0.2, 0.25) is 0 Å². The van der Waals surface area contributed by atoms with Crippen molar-refractivity contribution >= 4 is 11.8 Å². The molecule has 0 bridgehead atoms. The van der Waals surface area contributed by atoms with E-state index in [1.165, 1.54) is 0 Å². The van der Waals surface area contributed by atoms with E-state index in [1.807, 2.05) is 37.3 Å². The van der Waals surface area contributed by atoms with Crippen molar-refractivity contribution in [3.63, 3.8) is 0 Å². The zero-order valence-corrected chi connectivity index (χ0v) is 11.1. The molecule has 4 nitrogen and oxygen atoms in total. The fraction of sp³-hybridized carbons (Fsp3) is 0.333. The minimum atomic E-state index is 0.0225. The minimum absolute atomic E-state index is 0.0225. The van der Waals surface area contributed by atoms with Crippen molar-refractivity contribution in [2.24, 2.45) is 0 Å². The van der Waals surface area contributed by atoms with Gasteiger partial charge >= 0.3 is 0 Å². The fourth-order valence-corrected chi connectivity index (χ4v) is 2.14. The number of hydrogen-bond donors (Lipinski definition) is 0. The van der Waals surface area contributed by atoms with Crippen molar-refractivity contribution in [2.45, 2.75) is 6.92 Å². The SMILES string of the molecule is CC=CC(=O)N1CCN(C(=O)c2ccccc2)CC1. The van der Waals surface area contributed by atoms with Crippen LogP contribution < -0.4 is 0 Å². The van der Waals surface area contributed by atoms with Crippen molar-refractivity contribution in [1.29, 1.82) is 0 Å². The first-order valence-corrected chi connectivity index (χ1v) is 6.48. The molecule has 0 saturated carbocycles. The van der Waals surface area contributed by atoms with Crippen LogP contribution in [0.15, 0.2) is 42.5 Å². The fourth-order valence-electron chi connectivity index (χ4n) is 2.14. The Bertz CT molecular complexity index is 474. The van der Waals surface area contributed by atoms with Gasteiger partial charge in [-0.1, -0.05) is 24.3 Å². The quantitative estimate of drug-likeness (QED) is 0.755. The van der Waals surface area contributed by atoms with Crippen LogP contribution in [0, 0.1) is 0 Å². The summed E-state index contributed by atoms with van der Waals surface area (Å²) in [7, 11) is 0. The van der Waals surface area contributed by atoms with E-state index in [2.05, 4.69) is 0 Å². The van der Waals surface area contributed by atoms with Crippen molar-refractivity contribution in [3.8, 4) is 0 Å². The first-order valence-electron chi connectivity index (χ1n) is 6.48. The number of hydrogen-bond acceptors (Lipinski definition) is 2. The molecular weight excluding hydrogens is 240 g/mol. The van der Waals surface area contributed by atoms with Gasteiger partial charge in [-0.25, -0.2) is 0 Å². The molecule has 1 saturated heterocycles. The van der Waals surface area contributed by atoms with Crippen molar-refractivity contribution < 1.29 is 9.59 Å². The van der Waals surface area contributed by atoms with Crippen LogP contribution in [-0.2, 0) is 4.79 Å². The number of carbonyl (C=O) groups is 2. The third-order valence-corrected chi connectivity index (χ3v) is 3.21. The van der Waals surface area contributed by atoms with E-state index in [4.69, 9.17) is 0 Å². The first-order chi connectivity index (χ1) is 9.22. The number of amides is 2. The van der Waals surface area contributed by atoms with E-state index in [-0.39, 0.29) is 11.8 Å². The van der Waals surface area contributed by atoms with Crippen molar-refractivity contribution in [1.82, 2.24) is 9.80 Å². The standard InChI is InChI=1S/C15H18N2O2/c1-2-6-14(18)16-9-11-17(12-10-16)15(19)13-7-4-3-5-8-13/h2-8H,9-12H2,1H3. The van der Waals surface area contributed by atoms with Gasteiger partial charge in [0, 0.05) is 31.7 Å². The Labute approximate surface area is 113 Å². The maximum atomic E-state index is 12.2. The van der Waals surface area contributed by atoms with Crippen LogP contribution >= 0.6 is 0 Å². The average molecular weight is 258 g/mol. The molecule has 0 atom stereocenters. The molecule has 0 spiro atoms. The van der Waals surface area contributed by atoms with E-state index in [0.29, 0.717) is 31.7 Å². The van der Waals surface area contributed by atoms with Gasteiger partial charge in [0.2, 0.25) is 5.91 Å². The molecule has 1 heterocycles. The summed E-state index contributed by atoms with van der Waals surface area (Å²) < 4.78 is 0.